The average Bonchev–Trinajstić information content (AvgIpc) is 2.60. The number of fused-ring (bicyclic) bond motifs is 1. The summed E-state index contributed by atoms with van der Waals surface area (Å²) in [6.45, 7) is 1.46. The van der Waals surface area contributed by atoms with Gasteiger partial charge in [-0.1, -0.05) is 15.9 Å². The first-order valence-corrected chi connectivity index (χ1v) is 9.02. The molecule has 0 amide bonds. The summed E-state index contributed by atoms with van der Waals surface area (Å²) in [6.07, 6.45) is -0.0833. The Morgan fingerprint density at radius 3 is 2.14 bits per heavy atom. The van der Waals surface area contributed by atoms with Crippen molar-refractivity contribution in [3.05, 3.63) is 32.7 Å². The maximum atomic E-state index is 11.9. The van der Waals surface area contributed by atoms with Crippen LogP contribution in [0.2, 0.25) is 0 Å². The number of hydrogen-bond donors (Lipinski definition) is 1. The van der Waals surface area contributed by atoms with E-state index in [2.05, 4.69) is 15.9 Å². The van der Waals surface area contributed by atoms with Crippen LogP contribution < -0.4 is 5.69 Å². The van der Waals surface area contributed by atoms with Crippen molar-refractivity contribution < 1.29 is 13.5 Å². The van der Waals surface area contributed by atoms with Gasteiger partial charge in [0, 0.05) is 24.8 Å². The predicted molar refractivity (Wildman–Crippen MR) is 85.1 cm³/mol. The summed E-state index contributed by atoms with van der Waals surface area (Å²) in [7, 11) is -0.0852. The van der Waals surface area contributed by atoms with Crippen LogP contribution in [0.15, 0.2) is 21.4 Å². The maximum absolute atomic E-state index is 11.9. The van der Waals surface area contributed by atoms with Crippen LogP contribution in [0.1, 0.15) is 18.6 Å². The predicted octanol–water partition coefficient (Wildman–Crippen LogP) is 1.11. The second-order valence-corrected chi connectivity index (χ2v) is 8.50. The van der Waals surface area contributed by atoms with E-state index in [1.54, 1.807) is 26.2 Å². The molecule has 0 spiro atoms. The van der Waals surface area contributed by atoms with E-state index in [-0.39, 0.29) is 5.69 Å². The highest BCUT2D eigenvalue weighted by Crippen LogP contribution is 2.31. The molecule has 8 heteroatoms. The fraction of sp³-hybridized carbons (Fsp3) is 0.462. The smallest absolute Gasteiger partial charge is 0.328 e. The minimum absolute atomic E-state index is 0.181. The average molecular weight is 377 g/mol. The molecule has 1 heterocycles. The van der Waals surface area contributed by atoms with E-state index in [0.717, 1.165) is 6.26 Å². The van der Waals surface area contributed by atoms with E-state index in [1.807, 2.05) is 0 Å². The lowest BCUT2D eigenvalue weighted by molar-refractivity contribution is 0.175. The van der Waals surface area contributed by atoms with Crippen LogP contribution in [-0.4, -0.2) is 34.2 Å². The van der Waals surface area contributed by atoms with E-state index in [0.29, 0.717) is 21.1 Å². The summed E-state index contributed by atoms with van der Waals surface area (Å²) in [5.41, 5.74) is 1.61. The number of hydrogen-bond acceptors (Lipinski definition) is 4. The fourth-order valence-corrected chi connectivity index (χ4v) is 3.43. The maximum Gasteiger partial charge on any atom is 0.328 e. The quantitative estimate of drug-likeness (QED) is 0.869. The fourth-order valence-electron chi connectivity index (χ4n) is 2.25. The molecule has 6 nitrogen and oxygen atoms in total. The van der Waals surface area contributed by atoms with Crippen molar-refractivity contribution in [2.75, 3.05) is 6.26 Å². The number of imidazole rings is 1. The molecule has 0 fully saturated rings. The number of aromatic nitrogens is 2. The van der Waals surface area contributed by atoms with E-state index < -0.39 is 21.2 Å². The van der Waals surface area contributed by atoms with Gasteiger partial charge in [-0.05, 0) is 24.6 Å². The van der Waals surface area contributed by atoms with Crippen molar-refractivity contribution in [2.45, 2.75) is 18.3 Å². The van der Waals surface area contributed by atoms with Gasteiger partial charge in [0.05, 0.1) is 22.4 Å². The van der Waals surface area contributed by atoms with Crippen molar-refractivity contribution in [3.8, 4) is 0 Å². The Morgan fingerprint density at radius 2 is 1.67 bits per heavy atom. The third kappa shape index (κ3) is 2.67. The van der Waals surface area contributed by atoms with E-state index in [1.165, 1.54) is 16.1 Å². The lowest BCUT2D eigenvalue weighted by atomic mass is 10.1. The second kappa shape index (κ2) is 5.26. The molecule has 0 saturated carbocycles. The second-order valence-electron chi connectivity index (χ2n) is 5.24. The van der Waals surface area contributed by atoms with Crippen molar-refractivity contribution >= 4 is 36.8 Å². The normalized spacial score (nSPS) is 15.3. The number of nitrogens with zero attached hydrogens (tertiary/aromatic N) is 2. The van der Waals surface area contributed by atoms with Crippen molar-refractivity contribution in [1.82, 2.24) is 9.13 Å². The molecule has 2 atom stereocenters. The molecule has 0 aliphatic rings. The van der Waals surface area contributed by atoms with Gasteiger partial charge < -0.3 is 5.11 Å². The van der Waals surface area contributed by atoms with Crippen molar-refractivity contribution in [2.24, 2.45) is 14.1 Å². The van der Waals surface area contributed by atoms with E-state index in [4.69, 9.17) is 0 Å². The Balaban J connectivity index is 2.69. The summed E-state index contributed by atoms with van der Waals surface area (Å²) in [6, 6.07) is 3.36. The first-order chi connectivity index (χ1) is 9.55. The van der Waals surface area contributed by atoms with Crippen LogP contribution >= 0.6 is 15.9 Å². The molecule has 0 aliphatic heterocycles. The summed E-state index contributed by atoms with van der Waals surface area (Å²) in [4.78, 5) is 11.9. The molecule has 116 valence electrons. The third-order valence-corrected chi connectivity index (χ3v) is 6.12. The molecule has 0 radical (unpaired) electrons. The summed E-state index contributed by atoms with van der Waals surface area (Å²) in [5.74, 6) is 0. The molecule has 2 unspecified atom stereocenters. The van der Waals surface area contributed by atoms with Crippen molar-refractivity contribution in [3.63, 3.8) is 0 Å². The van der Waals surface area contributed by atoms with Crippen LogP contribution in [0.5, 0.6) is 0 Å². The van der Waals surface area contributed by atoms with Gasteiger partial charge in [-0.2, -0.15) is 0 Å². The van der Waals surface area contributed by atoms with Gasteiger partial charge >= 0.3 is 5.69 Å². The van der Waals surface area contributed by atoms with Crippen LogP contribution in [-0.2, 0) is 23.9 Å². The van der Waals surface area contributed by atoms with Crippen molar-refractivity contribution in [1.29, 1.82) is 0 Å². The van der Waals surface area contributed by atoms with Gasteiger partial charge in [-0.3, -0.25) is 9.13 Å². The number of sulfone groups is 1. The molecule has 1 aromatic carbocycles. The number of halogens is 1. The highest BCUT2D eigenvalue weighted by atomic mass is 79.9. The Morgan fingerprint density at radius 1 is 1.19 bits per heavy atom. The molecule has 0 aliphatic carbocycles. The van der Waals surface area contributed by atoms with Gasteiger partial charge in [0.2, 0.25) is 0 Å². The van der Waals surface area contributed by atoms with Crippen LogP contribution in [0, 0.1) is 0 Å². The largest absolute Gasteiger partial charge is 0.387 e. The van der Waals surface area contributed by atoms with Gasteiger partial charge in [0.25, 0.3) is 0 Å². The monoisotopic (exact) mass is 376 g/mol. The van der Waals surface area contributed by atoms with Gasteiger partial charge in [0.1, 0.15) is 0 Å². The topological polar surface area (TPSA) is 81.3 Å². The van der Waals surface area contributed by atoms with Crippen LogP contribution in [0.3, 0.4) is 0 Å². The summed E-state index contributed by atoms with van der Waals surface area (Å²) < 4.78 is 26.7. The Bertz CT molecular complexity index is 866. The first kappa shape index (κ1) is 16.3. The number of aryl methyl sites for hydroxylation is 2. The van der Waals surface area contributed by atoms with E-state index >= 15 is 0 Å². The zero-order chi connectivity index (χ0) is 16.1. The van der Waals surface area contributed by atoms with E-state index in [9.17, 15) is 18.3 Å². The zero-order valence-corrected chi connectivity index (χ0v) is 14.6. The molecule has 2 aromatic rings. The zero-order valence-electron chi connectivity index (χ0n) is 12.2. The Hall–Kier alpha value is -1.12. The lowest BCUT2D eigenvalue weighted by Gasteiger charge is -2.19. The molecule has 0 saturated heterocycles. The van der Waals surface area contributed by atoms with Gasteiger partial charge in [-0.25, -0.2) is 13.2 Å². The van der Waals surface area contributed by atoms with Crippen LogP contribution in [0.25, 0.3) is 11.0 Å². The highest BCUT2D eigenvalue weighted by molar-refractivity contribution is 9.10. The van der Waals surface area contributed by atoms with Crippen LogP contribution in [0.4, 0.5) is 0 Å². The molecule has 0 bridgehead atoms. The number of aliphatic hydroxyl groups is 1. The molecular formula is C13H17BrN2O4S. The third-order valence-electron chi connectivity index (χ3n) is 3.83. The number of benzene rings is 1. The lowest BCUT2D eigenvalue weighted by Crippen LogP contribution is -2.24. The standard InChI is InChI=1S/C13H17BrN2O4S/c1-7(21(4,19)20)12(17)8-5-10-11(6-9(8)14)16(3)13(18)15(10)2/h5-7,12,17H,1-4H3. The number of rotatable bonds is 3. The SMILES string of the molecule is CC(C(O)c1cc2c(cc1Br)n(C)c(=O)n2C)S(C)(=O)=O. The molecule has 1 aromatic heterocycles. The molecule has 1 N–H and O–H groups in total. The first-order valence-electron chi connectivity index (χ1n) is 6.27. The Labute approximate surface area is 131 Å². The minimum Gasteiger partial charge on any atom is -0.387 e. The molecule has 21 heavy (non-hydrogen) atoms. The number of aliphatic hydroxyl groups excluding tert-OH is 1. The molecule has 2 rings (SSSR count). The molecular weight excluding hydrogens is 360 g/mol. The Kier molecular flexibility index (Phi) is 4.07. The van der Waals surface area contributed by atoms with Gasteiger partial charge in [-0.15, -0.1) is 0 Å². The summed E-state index contributed by atoms with van der Waals surface area (Å²) >= 11 is 3.34. The summed E-state index contributed by atoms with van der Waals surface area (Å²) in [5, 5.41) is 9.39. The van der Waals surface area contributed by atoms with Gasteiger partial charge in [0.15, 0.2) is 9.84 Å². The highest BCUT2D eigenvalue weighted by Gasteiger charge is 2.27. The minimum atomic E-state index is -3.38.